The van der Waals surface area contributed by atoms with Crippen molar-refractivity contribution in [3.05, 3.63) is 29.3 Å². The average molecular weight is 278 g/mol. The quantitative estimate of drug-likeness (QED) is 0.789. The normalized spacial score (nSPS) is 14.3. The Morgan fingerprint density at radius 2 is 2.05 bits per heavy atom. The minimum absolute atomic E-state index is 0.286. The summed E-state index contributed by atoms with van der Waals surface area (Å²) in [6, 6.07) is 7.27. The summed E-state index contributed by atoms with van der Waals surface area (Å²) in [5.41, 5.74) is 2.51. The van der Waals surface area contributed by atoms with Crippen molar-refractivity contribution in [2.45, 2.75) is 45.7 Å². The number of methoxy groups -OCH3 is 1. The van der Waals surface area contributed by atoms with Crippen molar-refractivity contribution in [1.82, 2.24) is 10.2 Å². The second-order valence-electron chi connectivity index (χ2n) is 5.66. The first kappa shape index (κ1) is 17.0. The maximum absolute atomic E-state index is 5.51. The molecule has 0 spiro atoms. The number of benzene rings is 1. The number of nitrogens with one attached hydrogen (secondary N) is 1. The molecule has 1 rings (SSSR count). The van der Waals surface area contributed by atoms with Gasteiger partial charge in [-0.2, -0.15) is 0 Å². The van der Waals surface area contributed by atoms with Crippen LogP contribution in [0, 0.1) is 6.92 Å². The molecule has 0 aliphatic carbocycles. The highest BCUT2D eigenvalue weighted by atomic mass is 16.5. The summed E-state index contributed by atoms with van der Waals surface area (Å²) in [4.78, 5) is 2.42. The number of hydrogen-bond donors (Lipinski definition) is 1. The van der Waals surface area contributed by atoms with E-state index in [0.717, 1.165) is 12.3 Å². The molecule has 0 fully saturated rings. The molecular weight excluding hydrogens is 248 g/mol. The highest BCUT2D eigenvalue weighted by Crippen LogP contribution is 2.27. The van der Waals surface area contributed by atoms with Gasteiger partial charge in [0.05, 0.1) is 7.11 Å². The van der Waals surface area contributed by atoms with Crippen LogP contribution in [0.4, 0.5) is 0 Å². The Morgan fingerprint density at radius 1 is 1.35 bits per heavy atom. The molecule has 1 aromatic rings. The molecule has 0 radical (unpaired) electrons. The van der Waals surface area contributed by atoms with Gasteiger partial charge in [0.2, 0.25) is 0 Å². The summed E-state index contributed by atoms with van der Waals surface area (Å²) in [6.45, 7) is 7.64. The summed E-state index contributed by atoms with van der Waals surface area (Å²) in [6.07, 6.45) is 2.46. The zero-order chi connectivity index (χ0) is 15.1. The SMILES string of the molecule is CCCC(C)N(C)CC(NC)c1cc(C)ccc1OC. The van der Waals surface area contributed by atoms with Crippen LogP contribution < -0.4 is 10.1 Å². The van der Waals surface area contributed by atoms with Gasteiger partial charge in [0.25, 0.3) is 0 Å². The summed E-state index contributed by atoms with van der Waals surface area (Å²) in [5.74, 6) is 0.964. The predicted octanol–water partition coefficient (Wildman–Crippen LogP) is 3.38. The van der Waals surface area contributed by atoms with E-state index in [4.69, 9.17) is 4.74 Å². The number of likely N-dealkylation sites (N-methyl/N-ethyl adjacent to an activating group) is 2. The topological polar surface area (TPSA) is 24.5 Å². The molecule has 20 heavy (non-hydrogen) atoms. The predicted molar refractivity (Wildman–Crippen MR) is 86.5 cm³/mol. The average Bonchev–Trinajstić information content (AvgIpc) is 2.44. The Kier molecular flexibility index (Phi) is 7.03. The van der Waals surface area contributed by atoms with Crippen molar-refractivity contribution >= 4 is 0 Å². The van der Waals surface area contributed by atoms with E-state index in [1.165, 1.54) is 24.0 Å². The van der Waals surface area contributed by atoms with E-state index in [1.54, 1.807) is 7.11 Å². The minimum Gasteiger partial charge on any atom is -0.496 e. The Balaban J connectivity index is 2.87. The maximum Gasteiger partial charge on any atom is 0.123 e. The third kappa shape index (κ3) is 4.50. The van der Waals surface area contributed by atoms with E-state index in [0.29, 0.717) is 6.04 Å². The fourth-order valence-electron chi connectivity index (χ4n) is 2.58. The van der Waals surface area contributed by atoms with Gasteiger partial charge >= 0.3 is 0 Å². The number of aryl methyl sites for hydroxylation is 1. The standard InChI is InChI=1S/C17H30N2O/c1-7-8-14(3)19(5)12-16(18-4)15-11-13(2)9-10-17(15)20-6/h9-11,14,16,18H,7-8,12H2,1-6H3. The molecule has 114 valence electrons. The van der Waals surface area contributed by atoms with Crippen LogP contribution >= 0.6 is 0 Å². The summed E-state index contributed by atoms with van der Waals surface area (Å²) in [5, 5.41) is 3.43. The van der Waals surface area contributed by atoms with Gasteiger partial charge in [0.1, 0.15) is 5.75 Å². The molecule has 3 heteroatoms. The molecule has 1 aromatic carbocycles. The van der Waals surface area contributed by atoms with Crippen molar-refractivity contribution in [3.63, 3.8) is 0 Å². The molecule has 0 amide bonds. The second-order valence-corrected chi connectivity index (χ2v) is 5.66. The van der Waals surface area contributed by atoms with E-state index in [9.17, 15) is 0 Å². The smallest absolute Gasteiger partial charge is 0.123 e. The molecule has 0 aromatic heterocycles. The fourth-order valence-corrected chi connectivity index (χ4v) is 2.58. The van der Waals surface area contributed by atoms with Crippen LogP contribution in [0.2, 0.25) is 0 Å². The Bertz CT molecular complexity index is 406. The Morgan fingerprint density at radius 3 is 2.60 bits per heavy atom. The van der Waals surface area contributed by atoms with E-state index < -0.39 is 0 Å². The van der Waals surface area contributed by atoms with Crippen LogP contribution in [0.1, 0.15) is 43.9 Å². The number of nitrogens with zero attached hydrogens (tertiary/aromatic N) is 1. The lowest BCUT2D eigenvalue weighted by Crippen LogP contribution is -2.36. The summed E-state index contributed by atoms with van der Waals surface area (Å²) >= 11 is 0. The summed E-state index contributed by atoms with van der Waals surface area (Å²) in [7, 11) is 5.96. The molecular formula is C17H30N2O. The molecule has 1 N–H and O–H groups in total. The molecule has 0 saturated carbocycles. The van der Waals surface area contributed by atoms with Gasteiger partial charge in [-0.25, -0.2) is 0 Å². The van der Waals surface area contributed by atoms with Gasteiger partial charge in [-0.1, -0.05) is 31.0 Å². The Labute approximate surface area is 124 Å². The van der Waals surface area contributed by atoms with Crippen molar-refractivity contribution in [2.75, 3.05) is 27.7 Å². The molecule has 0 bridgehead atoms. The van der Waals surface area contributed by atoms with Gasteiger partial charge in [0, 0.05) is 24.2 Å². The van der Waals surface area contributed by atoms with Crippen LogP contribution in [0.3, 0.4) is 0 Å². The van der Waals surface area contributed by atoms with Gasteiger partial charge in [0.15, 0.2) is 0 Å². The fraction of sp³-hybridized carbons (Fsp3) is 0.647. The highest BCUT2D eigenvalue weighted by Gasteiger charge is 2.18. The number of ether oxygens (including phenoxy) is 1. The third-order valence-corrected chi connectivity index (χ3v) is 4.04. The van der Waals surface area contributed by atoms with Crippen molar-refractivity contribution < 1.29 is 4.74 Å². The first-order chi connectivity index (χ1) is 9.53. The van der Waals surface area contributed by atoms with Crippen LogP contribution in [0.5, 0.6) is 5.75 Å². The van der Waals surface area contributed by atoms with Gasteiger partial charge in [-0.15, -0.1) is 0 Å². The maximum atomic E-state index is 5.51. The van der Waals surface area contributed by atoms with E-state index in [-0.39, 0.29) is 6.04 Å². The third-order valence-electron chi connectivity index (χ3n) is 4.04. The zero-order valence-corrected chi connectivity index (χ0v) is 13.9. The van der Waals surface area contributed by atoms with Gasteiger partial charge in [-0.05, 0) is 40.4 Å². The van der Waals surface area contributed by atoms with E-state index >= 15 is 0 Å². The van der Waals surface area contributed by atoms with E-state index in [2.05, 4.69) is 56.2 Å². The molecule has 2 unspecified atom stereocenters. The lowest BCUT2D eigenvalue weighted by atomic mass is 10.0. The molecule has 0 saturated heterocycles. The lowest BCUT2D eigenvalue weighted by molar-refractivity contribution is 0.220. The van der Waals surface area contributed by atoms with Crippen molar-refractivity contribution in [2.24, 2.45) is 0 Å². The van der Waals surface area contributed by atoms with Crippen LogP contribution in [0.25, 0.3) is 0 Å². The van der Waals surface area contributed by atoms with Crippen LogP contribution in [-0.4, -0.2) is 38.7 Å². The van der Waals surface area contributed by atoms with Crippen molar-refractivity contribution in [3.8, 4) is 5.75 Å². The molecule has 3 nitrogen and oxygen atoms in total. The molecule has 0 aliphatic rings. The Hall–Kier alpha value is -1.06. The number of rotatable bonds is 8. The minimum atomic E-state index is 0.286. The van der Waals surface area contributed by atoms with Crippen LogP contribution in [0.15, 0.2) is 18.2 Å². The first-order valence-corrected chi connectivity index (χ1v) is 7.55. The lowest BCUT2D eigenvalue weighted by Gasteiger charge is -2.30. The zero-order valence-electron chi connectivity index (χ0n) is 13.9. The molecule has 0 heterocycles. The van der Waals surface area contributed by atoms with Crippen LogP contribution in [-0.2, 0) is 0 Å². The second kappa shape index (κ2) is 8.28. The summed E-state index contributed by atoms with van der Waals surface area (Å²) < 4.78 is 5.51. The van der Waals surface area contributed by atoms with Gasteiger partial charge in [-0.3, -0.25) is 0 Å². The number of hydrogen-bond acceptors (Lipinski definition) is 3. The van der Waals surface area contributed by atoms with Gasteiger partial charge < -0.3 is 15.0 Å². The first-order valence-electron chi connectivity index (χ1n) is 7.55. The molecule has 2 atom stereocenters. The molecule has 0 aliphatic heterocycles. The highest BCUT2D eigenvalue weighted by molar-refractivity contribution is 5.39. The monoisotopic (exact) mass is 278 g/mol. The largest absolute Gasteiger partial charge is 0.496 e. The van der Waals surface area contributed by atoms with E-state index in [1.807, 2.05) is 7.05 Å². The van der Waals surface area contributed by atoms with Crippen molar-refractivity contribution in [1.29, 1.82) is 0 Å².